The number of imidazole rings is 1. The summed E-state index contributed by atoms with van der Waals surface area (Å²) in [5.74, 6) is 0.966. The number of rotatable bonds is 3. The molecule has 3 aromatic heterocycles. The van der Waals surface area contributed by atoms with Crippen LogP contribution in [0.4, 0.5) is 0 Å². The van der Waals surface area contributed by atoms with E-state index in [1.54, 1.807) is 0 Å². The van der Waals surface area contributed by atoms with E-state index in [1.165, 1.54) is 5.39 Å². The lowest BCUT2D eigenvalue weighted by molar-refractivity contribution is 0.669. The average molecular weight is 502 g/mol. The molecule has 5 aromatic carbocycles. The van der Waals surface area contributed by atoms with E-state index in [2.05, 4.69) is 114 Å². The zero-order chi connectivity index (χ0) is 25.9. The van der Waals surface area contributed by atoms with Crippen LogP contribution in [0.1, 0.15) is 0 Å². The Morgan fingerprint density at radius 2 is 1.44 bits per heavy atom. The van der Waals surface area contributed by atoms with Gasteiger partial charge in [0.25, 0.3) is 0 Å². The third-order valence-corrected chi connectivity index (χ3v) is 7.73. The minimum absolute atomic E-state index is 0.885. The average Bonchev–Trinajstić information content (AvgIpc) is 3.54. The number of nitrogens with zero attached hydrogens (tertiary/aromatic N) is 3. The van der Waals surface area contributed by atoms with Crippen molar-refractivity contribution in [2.24, 2.45) is 7.05 Å². The van der Waals surface area contributed by atoms with Crippen molar-refractivity contribution in [1.82, 2.24) is 14.5 Å². The molecule has 0 saturated heterocycles. The van der Waals surface area contributed by atoms with Gasteiger partial charge in [-0.05, 0) is 64.0 Å². The minimum Gasteiger partial charge on any atom is -0.456 e. The summed E-state index contributed by atoms with van der Waals surface area (Å²) in [6.45, 7) is 0. The van der Waals surface area contributed by atoms with Crippen LogP contribution in [0.2, 0.25) is 0 Å². The smallest absolute Gasteiger partial charge is 0.140 e. The van der Waals surface area contributed by atoms with Gasteiger partial charge in [0, 0.05) is 41.2 Å². The maximum atomic E-state index is 6.31. The number of para-hydroxylation sites is 2. The predicted octanol–water partition coefficient (Wildman–Crippen LogP) is 9.02. The lowest BCUT2D eigenvalue weighted by Gasteiger charge is -2.08. The third-order valence-electron chi connectivity index (χ3n) is 7.73. The molecule has 0 atom stereocenters. The summed E-state index contributed by atoms with van der Waals surface area (Å²) in [4.78, 5) is 9.26. The quantitative estimate of drug-likeness (QED) is 0.243. The molecule has 4 nitrogen and oxygen atoms in total. The highest BCUT2D eigenvalue weighted by atomic mass is 16.3. The first kappa shape index (κ1) is 21.8. The number of aryl methyl sites for hydroxylation is 1. The van der Waals surface area contributed by atoms with Crippen molar-refractivity contribution in [2.45, 2.75) is 0 Å². The van der Waals surface area contributed by atoms with Gasteiger partial charge < -0.3 is 8.98 Å². The van der Waals surface area contributed by atoms with Crippen molar-refractivity contribution in [2.75, 3.05) is 0 Å². The second-order valence-corrected chi connectivity index (χ2v) is 9.95. The first-order valence-electron chi connectivity index (χ1n) is 13.1. The Labute approximate surface area is 224 Å². The SMILES string of the molecule is Cn1c(-c2ccc(-c3ccc4oc5cccc(-c6cccc7ccncc67)c5c4c3)cc2)nc2ccccc21. The predicted molar refractivity (Wildman–Crippen MR) is 160 cm³/mol. The molecule has 0 spiro atoms. The van der Waals surface area contributed by atoms with Gasteiger partial charge in [0.1, 0.15) is 17.0 Å². The van der Waals surface area contributed by atoms with Crippen LogP contribution >= 0.6 is 0 Å². The monoisotopic (exact) mass is 501 g/mol. The summed E-state index contributed by atoms with van der Waals surface area (Å²) in [6.07, 6.45) is 3.79. The molecule has 0 aliphatic rings. The van der Waals surface area contributed by atoms with E-state index in [0.717, 1.165) is 72.0 Å². The van der Waals surface area contributed by atoms with Gasteiger partial charge in [-0.3, -0.25) is 4.98 Å². The molecule has 0 radical (unpaired) electrons. The molecule has 8 rings (SSSR count). The van der Waals surface area contributed by atoms with E-state index in [-0.39, 0.29) is 0 Å². The van der Waals surface area contributed by atoms with Crippen LogP contribution in [0.5, 0.6) is 0 Å². The van der Waals surface area contributed by atoms with E-state index < -0.39 is 0 Å². The summed E-state index contributed by atoms with van der Waals surface area (Å²) in [5.41, 5.74) is 9.62. The van der Waals surface area contributed by atoms with Crippen LogP contribution in [0.15, 0.2) is 126 Å². The fraction of sp³-hybridized carbons (Fsp3) is 0.0286. The molecule has 0 saturated carbocycles. The van der Waals surface area contributed by atoms with Crippen LogP contribution < -0.4 is 0 Å². The summed E-state index contributed by atoms with van der Waals surface area (Å²) in [5, 5.41) is 4.55. The second kappa shape index (κ2) is 8.40. The molecule has 0 bridgehead atoms. The Kier molecular flexibility index (Phi) is 4.70. The lowest BCUT2D eigenvalue weighted by atomic mass is 9.94. The fourth-order valence-corrected chi connectivity index (χ4v) is 5.79. The number of furan rings is 1. The van der Waals surface area contributed by atoms with E-state index in [4.69, 9.17) is 9.40 Å². The van der Waals surface area contributed by atoms with Crippen molar-refractivity contribution in [3.63, 3.8) is 0 Å². The third kappa shape index (κ3) is 3.39. The molecule has 0 amide bonds. The van der Waals surface area contributed by atoms with E-state index >= 15 is 0 Å². The number of benzene rings is 5. The molecule has 8 aromatic rings. The molecule has 0 unspecified atom stereocenters. The molecule has 39 heavy (non-hydrogen) atoms. The second-order valence-electron chi connectivity index (χ2n) is 9.95. The summed E-state index contributed by atoms with van der Waals surface area (Å²) >= 11 is 0. The maximum Gasteiger partial charge on any atom is 0.140 e. The topological polar surface area (TPSA) is 43.9 Å². The van der Waals surface area contributed by atoms with Crippen molar-refractivity contribution < 1.29 is 4.42 Å². The highest BCUT2D eigenvalue weighted by Gasteiger charge is 2.16. The highest BCUT2D eigenvalue weighted by molar-refractivity contribution is 6.15. The van der Waals surface area contributed by atoms with Gasteiger partial charge in [0.05, 0.1) is 11.0 Å². The minimum atomic E-state index is 0.885. The standard InChI is InChI=1S/C35H23N3O/c1-38-31-10-3-2-9-30(31)37-35(38)24-14-12-22(13-15-24)25-16-17-32-28(20-25)34-27(8-5-11-33(34)39-32)26-7-4-6-23-18-19-36-21-29(23)26/h2-21H,1H3. The highest BCUT2D eigenvalue weighted by Crippen LogP contribution is 2.40. The zero-order valence-electron chi connectivity index (χ0n) is 21.3. The Morgan fingerprint density at radius 3 is 2.33 bits per heavy atom. The molecule has 0 aliphatic heterocycles. The number of pyridine rings is 1. The molecule has 0 fully saturated rings. The van der Waals surface area contributed by atoms with E-state index in [0.29, 0.717) is 0 Å². The molecule has 184 valence electrons. The van der Waals surface area contributed by atoms with Crippen LogP contribution in [-0.4, -0.2) is 14.5 Å². The lowest BCUT2D eigenvalue weighted by Crippen LogP contribution is -1.92. The van der Waals surface area contributed by atoms with E-state index in [1.807, 2.05) is 24.5 Å². The summed E-state index contributed by atoms with van der Waals surface area (Å²) in [7, 11) is 2.07. The Bertz CT molecular complexity index is 2180. The van der Waals surface area contributed by atoms with Crippen LogP contribution in [0.3, 0.4) is 0 Å². The Balaban J connectivity index is 1.26. The maximum absolute atomic E-state index is 6.31. The normalized spacial score (nSPS) is 11.7. The molecule has 3 heterocycles. The van der Waals surface area contributed by atoms with Crippen LogP contribution in [0, 0.1) is 0 Å². The Hall–Kier alpha value is -5.22. The van der Waals surface area contributed by atoms with Gasteiger partial charge in [-0.25, -0.2) is 4.98 Å². The van der Waals surface area contributed by atoms with Crippen LogP contribution in [-0.2, 0) is 7.05 Å². The number of fused-ring (bicyclic) bond motifs is 5. The van der Waals surface area contributed by atoms with Gasteiger partial charge >= 0.3 is 0 Å². The molecule has 0 N–H and O–H groups in total. The number of hydrogen-bond donors (Lipinski definition) is 0. The molecular weight excluding hydrogens is 478 g/mol. The summed E-state index contributed by atoms with van der Waals surface area (Å²) in [6, 6.07) is 38.1. The fourth-order valence-electron chi connectivity index (χ4n) is 5.79. The first-order valence-corrected chi connectivity index (χ1v) is 13.1. The molecule has 0 aliphatic carbocycles. The van der Waals surface area contributed by atoms with Crippen molar-refractivity contribution in [3.8, 4) is 33.6 Å². The Morgan fingerprint density at radius 1 is 0.641 bits per heavy atom. The number of hydrogen-bond acceptors (Lipinski definition) is 3. The molecular formula is C35H23N3O. The molecule has 4 heteroatoms. The van der Waals surface area contributed by atoms with Crippen molar-refractivity contribution in [3.05, 3.63) is 122 Å². The van der Waals surface area contributed by atoms with E-state index in [9.17, 15) is 0 Å². The van der Waals surface area contributed by atoms with Crippen molar-refractivity contribution >= 4 is 43.7 Å². The largest absolute Gasteiger partial charge is 0.456 e. The number of aromatic nitrogens is 3. The zero-order valence-corrected chi connectivity index (χ0v) is 21.3. The van der Waals surface area contributed by atoms with Crippen molar-refractivity contribution in [1.29, 1.82) is 0 Å². The summed E-state index contributed by atoms with van der Waals surface area (Å²) < 4.78 is 8.46. The van der Waals surface area contributed by atoms with Gasteiger partial charge in [-0.1, -0.05) is 72.8 Å². The van der Waals surface area contributed by atoms with Gasteiger partial charge in [-0.2, -0.15) is 0 Å². The van der Waals surface area contributed by atoms with Gasteiger partial charge in [0.2, 0.25) is 0 Å². The van der Waals surface area contributed by atoms with Gasteiger partial charge in [0.15, 0.2) is 0 Å². The van der Waals surface area contributed by atoms with Gasteiger partial charge in [-0.15, -0.1) is 0 Å². The van der Waals surface area contributed by atoms with Crippen LogP contribution in [0.25, 0.3) is 77.4 Å². The first-order chi connectivity index (χ1) is 19.2.